The van der Waals surface area contributed by atoms with Crippen molar-refractivity contribution in [2.75, 3.05) is 6.54 Å². The topological polar surface area (TPSA) is 12.0 Å². The predicted octanol–water partition coefficient (Wildman–Crippen LogP) is 2.74. The fourth-order valence-electron chi connectivity index (χ4n) is 1.15. The third-order valence-electron chi connectivity index (χ3n) is 1.87. The van der Waals surface area contributed by atoms with Gasteiger partial charge in [0, 0.05) is 6.54 Å². The van der Waals surface area contributed by atoms with Crippen molar-refractivity contribution in [2.24, 2.45) is 0 Å². The molecule has 0 saturated carbocycles. The van der Waals surface area contributed by atoms with Gasteiger partial charge in [0.15, 0.2) is 0 Å². The fourth-order valence-corrected chi connectivity index (χ4v) is 1.15. The van der Waals surface area contributed by atoms with Gasteiger partial charge in [-0.2, -0.15) is 0 Å². The summed E-state index contributed by atoms with van der Waals surface area (Å²) in [4.78, 5) is 0. The van der Waals surface area contributed by atoms with Crippen LogP contribution in [0, 0.1) is 0 Å². The quantitative estimate of drug-likeness (QED) is 0.678. The molecule has 1 aromatic carbocycles. The number of allylic oxidation sites excluding steroid dienone is 1. The molecule has 1 rings (SSSR count). The van der Waals surface area contributed by atoms with E-state index in [-0.39, 0.29) is 0 Å². The number of hydrogen-bond donors (Lipinski definition) is 1. The van der Waals surface area contributed by atoms with Gasteiger partial charge in [-0.25, -0.2) is 0 Å². The molecule has 0 saturated heterocycles. The lowest BCUT2D eigenvalue weighted by atomic mass is 10.1. The highest BCUT2D eigenvalue weighted by molar-refractivity contribution is 5.14. The van der Waals surface area contributed by atoms with Crippen LogP contribution in [0.1, 0.15) is 18.9 Å². The molecule has 1 nitrogen and oxygen atoms in total. The number of nitrogens with one attached hydrogen (secondary N) is 1. The molecular formula is C12H17N. The molecule has 70 valence electrons. The van der Waals surface area contributed by atoms with E-state index >= 15 is 0 Å². The van der Waals surface area contributed by atoms with Gasteiger partial charge >= 0.3 is 0 Å². The Hall–Kier alpha value is -1.24. The molecule has 0 heterocycles. The first-order chi connectivity index (χ1) is 6.43. The minimum absolute atomic E-state index is 1.01. The summed E-state index contributed by atoms with van der Waals surface area (Å²) in [7, 11) is 0. The van der Waals surface area contributed by atoms with Gasteiger partial charge in [-0.1, -0.05) is 43.3 Å². The lowest BCUT2D eigenvalue weighted by Gasteiger charge is -2.00. The average molecular weight is 175 g/mol. The summed E-state index contributed by atoms with van der Waals surface area (Å²) in [6.45, 7) is 3.15. The van der Waals surface area contributed by atoms with Crippen LogP contribution < -0.4 is 5.32 Å². The van der Waals surface area contributed by atoms with E-state index < -0.39 is 0 Å². The van der Waals surface area contributed by atoms with E-state index in [0.29, 0.717) is 0 Å². The van der Waals surface area contributed by atoms with Crippen LogP contribution in [0.5, 0.6) is 0 Å². The van der Waals surface area contributed by atoms with Crippen LogP contribution >= 0.6 is 0 Å². The number of hydrogen-bond acceptors (Lipinski definition) is 1. The summed E-state index contributed by atoms with van der Waals surface area (Å²) >= 11 is 0. The van der Waals surface area contributed by atoms with Gasteiger partial charge in [0.2, 0.25) is 0 Å². The van der Waals surface area contributed by atoms with Gasteiger partial charge in [0.1, 0.15) is 0 Å². The van der Waals surface area contributed by atoms with Crippen molar-refractivity contribution in [1.29, 1.82) is 0 Å². The van der Waals surface area contributed by atoms with Crippen LogP contribution in [0.3, 0.4) is 0 Å². The first-order valence-corrected chi connectivity index (χ1v) is 4.86. The molecule has 0 fully saturated rings. The van der Waals surface area contributed by atoms with Gasteiger partial charge in [0.25, 0.3) is 0 Å². The first kappa shape index (κ1) is 9.85. The van der Waals surface area contributed by atoms with Crippen molar-refractivity contribution in [3.63, 3.8) is 0 Å². The number of rotatable bonds is 5. The van der Waals surface area contributed by atoms with E-state index in [0.717, 1.165) is 19.4 Å². The molecular weight excluding hydrogens is 158 g/mol. The van der Waals surface area contributed by atoms with Crippen LogP contribution in [-0.2, 0) is 6.42 Å². The molecule has 0 unspecified atom stereocenters. The van der Waals surface area contributed by atoms with Crippen molar-refractivity contribution in [3.8, 4) is 0 Å². The summed E-state index contributed by atoms with van der Waals surface area (Å²) < 4.78 is 0. The Morgan fingerprint density at radius 2 is 2.00 bits per heavy atom. The van der Waals surface area contributed by atoms with Gasteiger partial charge in [-0.15, -0.1) is 0 Å². The smallest absolute Gasteiger partial charge is 0.0181 e. The maximum Gasteiger partial charge on any atom is 0.0181 e. The van der Waals surface area contributed by atoms with Crippen LogP contribution in [0.4, 0.5) is 0 Å². The van der Waals surface area contributed by atoms with Crippen LogP contribution in [0.25, 0.3) is 0 Å². The molecule has 0 aliphatic rings. The molecule has 0 atom stereocenters. The molecule has 1 heteroatoms. The Bertz CT molecular complexity index is 239. The third-order valence-corrected chi connectivity index (χ3v) is 1.87. The number of benzene rings is 1. The van der Waals surface area contributed by atoms with E-state index in [2.05, 4.69) is 42.6 Å². The summed E-state index contributed by atoms with van der Waals surface area (Å²) in [6, 6.07) is 10.5. The second-order valence-electron chi connectivity index (χ2n) is 3.00. The maximum absolute atomic E-state index is 3.25. The molecule has 0 spiro atoms. The molecule has 0 radical (unpaired) electrons. The highest BCUT2D eigenvalue weighted by atomic mass is 14.8. The van der Waals surface area contributed by atoms with Crippen LogP contribution in [0.2, 0.25) is 0 Å². The Labute approximate surface area is 80.5 Å². The minimum Gasteiger partial charge on any atom is -0.391 e. The van der Waals surface area contributed by atoms with E-state index in [1.807, 2.05) is 12.3 Å². The SMILES string of the molecule is CC/C=C/NCCc1ccccc1. The third kappa shape index (κ3) is 4.36. The molecule has 0 aliphatic carbocycles. The van der Waals surface area contributed by atoms with Gasteiger partial charge in [0.05, 0.1) is 0 Å². The molecule has 1 N–H and O–H groups in total. The molecule has 0 amide bonds. The normalized spacial score (nSPS) is 10.5. The van der Waals surface area contributed by atoms with E-state index in [1.165, 1.54) is 5.56 Å². The summed E-state index contributed by atoms with van der Waals surface area (Å²) in [5.41, 5.74) is 1.39. The van der Waals surface area contributed by atoms with Gasteiger partial charge in [-0.05, 0) is 24.6 Å². The highest BCUT2D eigenvalue weighted by Crippen LogP contribution is 1.97. The maximum atomic E-state index is 3.25. The lowest BCUT2D eigenvalue weighted by molar-refractivity contribution is 0.828. The predicted molar refractivity (Wildman–Crippen MR) is 57.6 cm³/mol. The Morgan fingerprint density at radius 1 is 1.23 bits per heavy atom. The van der Waals surface area contributed by atoms with E-state index in [4.69, 9.17) is 0 Å². The van der Waals surface area contributed by atoms with Crippen molar-refractivity contribution < 1.29 is 0 Å². The molecule has 13 heavy (non-hydrogen) atoms. The zero-order valence-corrected chi connectivity index (χ0v) is 8.16. The molecule has 1 aromatic rings. The monoisotopic (exact) mass is 175 g/mol. The van der Waals surface area contributed by atoms with Crippen molar-refractivity contribution in [2.45, 2.75) is 19.8 Å². The van der Waals surface area contributed by atoms with Crippen molar-refractivity contribution >= 4 is 0 Å². The Morgan fingerprint density at radius 3 is 2.69 bits per heavy atom. The Kier molecular flexibility index (Phi) is 4.77. The highest BCUT2D eigenvalue weighted by Gasteiger charge is 1.87. The van der Waals surface area contributed by atoms with Gasteiger partial charge < -0.3 is 5.32 Å². The second kappa shape index (κ2) is 6.30. The van der Waals surface area contributed by atoms with E-state index in [9.17, 15) is 0 Å². The van der Waals surface area contributed by atoms with Crippen molar-refractivity contribution in [3.05, 3.63) is 48.2 Å². The van der Waals surface area contributed by atoms with Crippen LogP contribution in [-0.4, -0.2) is 6.54 Å². The standard InChI is InChI=1S/C12H17N/c1-2-3-10-13-11-9-12-7-5-4-6-8-12/h3-8,10,13H,2,9,11H2,1H3/b10-3+. The fraction of sp³-hybridized carbons (Fsp3) is 0.333. The average Bonchev–Trinajstić information content (AvgIpc) is 2.19. The lowest BCUT2D eigenvalue weighted by Crippen LogP contribution is -2.09. The zero-order chi connectivity index (χ0) is 9.36. The first-order valence-electron chi connectivity index (χ1n) is 4.86. The van der Waals surface area contributed by atoms with Crippen LogP contribution in [0.15, 0.2) is 42.6 Å². The van der Waals surface area contributed by atoms with Gasteiger partial charge in [-0.3, -0.25) is 0 Å². The summed E-state index contributed by atoms with van der Waals surface area (Å²) in [5.74, 6) is 0. The Balaban J connectivity index is 2.17. The molecule has 0 aromatic heterocycles. The summed E-state index contributed by atoms with van der Waals surface area (Å²) in [6.07, 6.45) is 6.35. The second-order valence-corrected chi connectivity index (χ2v) is 3.00. The molecule has 0 aliphatic heterocycles. The summed E-state index contributed by atoms with van der Waals surface area (Å²) in [5, 5.41) is 3.25. The molecule has 0 bridgehead atoms. The van der Waals surface area contributed by atoms with Crippen molar-refractivity contribution in [1.82, 2.24) is 5.32 Å². The minimum atomic E-state index is 1.01. The zero-order valence-electron chi connectivity index (χ0n) is 8.16. The van der Waals surface area contributed by atoms with E-state index in [1.54, 1.807) is 0 Å². The largest absolute Gasteiger partial charge is 0.391 e.